The maximum atomic E-state index is 15.5. The van der Waals surface area contributed by atoms with Gasteiger partial charge in [0.2, 0.25) is 0 Å². The van der Waals surface area contributed by atoms with Gasteiger partial charge < -0.3 is 10.2 Å². The summed E-state index contributed by atoms with van der Waals surface area (Å²) in [6, 6.07) is 8.39. The monoisotopic (exact) mass is 622 g/mol. The molecule has 2 aromatic carbocycles. The van der Waals surface area contributed by atoms with E-state index in [9.17, 15) is 28.3 Å². The summed E-state index contributed by atoms with van der Waals surface area (Å²) >= 11 is 12.0. The van der Waals surface area contributed by atoms with Crippen LogP contribution in [0, 0.1) is 28.4 Å². The second-order valence-corrected chi connectivity index (χ2v) is 10.7. The zero-order chi connectivity index (χ0) is 31.3. The third kappa shape index (κ3) is 6.93. The first-order chi connectivity index (χ1) is 19.0. The van der Waals surface area contributed by atoms with Crippen molar-refractivity contribution in [3.8, 4) is 6.07 Å². The van der Waals surface area contributed by atoms with Crippen molar-refractivity contribution in [2.75, 3.05) is 0 Å². The highest BCUT2D eigenvalue weighted by Gasteiger charge is 2.61. The van der Waals surface area contributed by atoms with Gasteiger partial charge in [-0.25, -0.2) is 13.6 Å². The Hall–Kier alpha value is -2.94. The summed E-state index contributed by atoms with van der Waals surface area (Å²) < 4.78 is 62.5. The van der Waals surface area contributed by atoms with Gasteiger partial charge in [-0.15, -0.1) is 0 Å². The van der Waals surface area contributed by atoms with Crippen LogP contribution in [0.3, 0.4) is 0 Å². The minimum Gasteiger partial charge on any atom is -0.480 e. The number of carboxylic acids is 2. The van der Waals surface area contributed by atoms with E-state index in [2.05, 4.69) is 11.4 Å². The molecule has 4 atom stereocenters. The van der Waals surface area contributed by atoms with Crippen LogP contribution in [0.5, 0.6) is 0 Å². The van der Waals surface area contributed by atoms with Crippen molar-refractivity contribution in [3.05, 3.63) is 69.2 Å². The van der Waals surface area contributed by atoms with Crippen LogP contribution < -0.4 is 5.32 Å². The van der Waals surface area contributed by atoms with E-state index in [0.29, 0.717) is 6.42 Å². The second kappa shape index (κ2) is 13.4. The van der Waals surface area contributed by atoms with E-state index in [-0.39, 0.29) is 26.6 Å². The standard InChI is InChI=1S/C26H28Cl2F2N2O2.C2HF3O2/c1-4-25(5-2,6-3)13-20-26(14-31,17-11-10-15(27)12-19(17)29)21(23(32-20)24(33)34)16-8-7-9-18(28)22(16)30;3-2(4,5)1(6)7/h7-12,20-21,23,32H,4-6,13H2,1-3H3,(H,33,34);(H,6,7). The summed E-state index contributed by atoms with van der Waals surface area (Å²) in [6.07, 6.45) is -2.31. The molecule has 224 valence electrons. The fourth-order valence-corrected chi connectivity index (χ4v) is 5.89. The number of nitriles is 1. The first-order valence-corrected chi connectivity index (χ1v) is 13.4. The summed E-state index contributed by atoms with van der Waals surface area (Å²) in [5.41, 5.74) is -2.00. The lowest BCUT2D eigenvalue weighted by molar-refractivity contribution is -0.192. The van der Waals surface area contributed by atoms with Crippen molar-refractivity contribution in [2.24, 2.45) is 5.41 Å². The molecular formula is C28H29Cl2F5N2O4. The summed E-state index contributed by atoms with van der Waals surface area (Å²) in [7, 11) is 0. The fourth-order valence-electron chi connectivity index (χ4n) is 5.55. The molecule has 1 heterocycles. The van der Waals surface area contributed by atoms with Gasteiger partial charge >= 0.3 is 18.1 Å². The van der Waals surface area contributed by atoms with Crippen molar-refractivity contribution in [1.82, 2.24) is 5.32 Å². The minimum atomic E-state index is -5.08. The van der Waals surface area contributed by atoms with E-state index in [1.807, 2.05) is 20.8 Å². The molecule has 4 unspecified atom stereocenters. The van der Waals surface area contributed by atoms with E-state index < -0.39 is 53.2 Å². The first-order valence-electron chi connectivity index (χ1n) is 12.6. The van der Waals surface area contributed by atoms with E-state index in [4.69, 9.17) is 33.1 Å². The Morgan fingerprint density at radius 3 is 2.05 bits per heavy atom. The zero-order valence-electron chi connectivity index (χ0n) is 22.3. The van der Waals surface area contributed by atoms with E-state index in [0.717, 1.165) is 25.3 Å². The predicted octanol–water partition coefficient (Wildman–Crippen LogP) is 7.48. The molecule has 3 rings (SSSR count). The Labute approximate surface area is 244 Å². The molecule has 1 fully saturated rings. The van der Waals surface area contributed by atoms with Gasteiger partial charge in [0.25, 0.3) is 0 Å². The third-order valence-corrected chi connectivity index (χ3v) is 8.56. The van der Waals surface area contributed by atoms with Crippen molar-refractivity contribution < 1.29 is 41.8 Å². The zero-order valence-corrected chi connectivity index (χ0v) is 23.8. The van der Waals surface area contributed by atoms with Gasteiger partial charge in [0, 0.05) is 22.5 Å². The highest BCUT2D eigenvalue weighted by Crippen LogP contribution is 2.54. The number of alkyl halides is 3. The lowest BCUT2D eigenvalue weighted by Gasteiger charge is -2.40. The van der Waals surface area contributed by atoms with Crippen molar-refractivity contribution in [2.45, 2.75) is 76.0 Å². The maximum absolute atomic E-state index is 15.5. The van der Waals surface area contributed by atoms with Crippen molar-refractivity contribution in [1.29, 1.82) is 5.26 Å². The largest absolute Gasteiger partial charge is 0.490 e. The van der Waals surface area contributed by atoms with Gasteiger partial charge in [0.05, 0.1) is 11.1 Å². The fraction of sp³-hybridized carbons (Fsp3) is 0.464. The molecule has 0 amide bonds. The summed E-state index contributed by atoms with van der Waals surface area (Å²) in [5.74, 6) is -6.81. The van der Waals surface area contributed by atoms with Crippen LogP contribution in [-0.4, -0.2) is 40.4 Å². The highest BCUT2D eigenvalue weighted by molar-refractivity contribution is 6.31. The lowest BCUT2D eigenvalue weighted by Crippen LogP contribution is -2.46. The number of rotatable bonds is 8. The minimum absolute atomic E-state index is 0.0118. The third-order valence-electron chi connectivity index (χ3n) is 8.03. The molecular weight excluding hydrogens is 594 g/mol. The topological polar surface area (TPSA) is 110 Å². The second-order valence-electron chi connectivity index (χ2n) is 9.83. The summed E-state index contributed by atoms with van der Waals surface area (Å²) in [4.78, 5) is 21.3. The average molecular weight is 623 g/mol. The first kappa shape index (κ1) is 34.3. The van der Waals surface area contributed by atoms with Crippen LogP contribution in [0.15, 0.2) is 36.4 Å². The van der Waals surface area contributed by atoms with Gasteiger partial charge in [-0.3, -0.25) is 10.1 Å². The smallest absolute Gasteiger partial charge is 0.480 e. The number of nitrogens with one attached hydrogen (secondary N) is 1. The molecule has 1 aliphatic rings. The normalized spacial score (nSPS) is 22.4. The van der Waals surface area contributed by atoms with Crippen molar-refractivity contribution >= 4 is 35.1 Å². The van der Waals surface area contributed by atoms with Gasteiger partial charge in [0.15, 0.2) is 0 Å². The Bertz CT molecular complexity index is 1310. The summed E-state index contributed by atoms with van der Waals surface area (Å²) in [5, 5.41) is 31.0. The molecule has 1 saturated heterocycles. The Morgan fingerprint density at radius 1 is 1.05 bits per heavy atom. The molecule has 0 aromatic heterocycles. The number of hydrogen-bond donors (Lipinski definition) is 3. The van der Waals surface area contributed by atoms with E-state index in [1.165, 1.54) is 30.3 Å². The van der Waals surface area contributed by atoms with Gasteiger partial charge in [-0.05, 0) is 35.6 Å². The van der Waals surface area contributed by atoms with E-state index in [1.54, 1.807) is 0 Å². The molecule has 0 bridgehead atoms. The lowest BCUT2D eigenvalue weighted by atomic mass is 9.61. The number of carboxylic acid groups (broad SMARTS) is 2. The highest BCUT2D eigenvalue weighted by atomic mass is 35.5. The molecule has 0 radical (unpaired) electrons. The van der Waals surface area contributed by atoms with Crippen LogP contribution in [0.25, 0.3) is 0 Å². The van der Waals surface area contributed by atoms with Crippen LogP contribution in [0.2, 0.25) is 10.0 Å². The van der Waals surface area contributed by atoms with Crippen molar-refractivity contribution in [3.63, 3.8) is 0 Å². The molecule has 2 aromatic rings. The summed E-state index contributed by atoms with van der Waals surface area (Å²) in [6.45, 7) is 6.13. The van der Waals surface area contributed by atoms with Crippen LogP contribution in [0.1, 0.15) is 63.5 Å². The number of benzene rings is 2. The molecule has 41 heavy (non-hydrogen) atoms. The van der Waals surface area contributed by atoms with Gasteiger partial charge in [-0.1, -0.05) is 81.4 Å². The molecule has 3 N–H and O–H groups in total. The number of hydrogen-bond acceptors (Lipinski definition) is 4. The molecule has 0 saturated carbocycles. The maximum Gasteiger partial charge on any atom is 0.490 e. The van der Waals surface area contributed by atoms with Gasteiger partial charge in [0.1, 0.15) is 23.1 Å². The molecule has 0 aliphatic carbocycles. The van der Waals surface area contributed by atoms with Crippen LogP contribution >= 0.6 is 23.2 Å². The number of aliphatic carboxylic acids is 2. The Balaban J connectivity index is 0.000000745. The number of nitrogens with zero attached hydrogens (tertiary/aromatic N) is 1. The molecule has 6 nitrogen and oxygen atoms in total. The molecule has 0 spiro atoms. The molecule has 13 heteroatoms. The van der Waals surface area contributed by atoms with Crippen LogP contribution in [-0.2, 0) is 15.0 Å². The SMILES string of the molecule is CCC(CC)(CC)CC1NC(C(=O)O)C(c2cccc(Cl)c2F)C1(C#N)c1ccc(Cl)cc1F.O=C(O)C(F)(F)F. The number of halogens is 7. The quantitative estimate of drug-likeness (QED) is 0.263. The number of carbonyl (C=O) groups is 2. The predicted molar refractivity (Wildman–Crippen MR) is 143 cm³/mol. The Morgan fingerprint density at radius 2 is 1.61 bits per heavy atom. The molecule has 1 aliphatic heterocycles. The van der Waals surface area contributed by atoms with Gasteiger partial charge in [-0.2, -0.15) is 18.4 Å². The van der Waals surface area contributed by atoms with Crippen LogP contribution in [0.4, 0.5) is 22.0 Å². The Kier molecular flexibility index (Phi) is 11.2. The average Bonchev–Trinajstić information content (AvgIpc) is 3.23. The van der Waals surface area contributed by atoms with E-state index >= 15 is 8.78 Å².